The summed E-state index contributed by atoms with van der Waals surface area (Å²) in [5.74, 6) is -0.835. The third kappa shape index (κ3) is 5.71. The number of hydrogen-bond acceptors (Lipinski definition) is 6. The molecule has 0 bridgehead atoms. The molecule has 2 aromatic rings. The van der Waals surface area contributed by atoms with Gasteiger partial charge in [0, 0.05) is 45.7 Å². The first-order valence-electron chi connectivity index (χ1n) is 11.7. The quantitative estimate of drug-likeness (QED) is 0.539. The molecule has 0 aromatic heterocycles. The number of benzene rings is 2. The Hall–Kier alpha value is -3.24. The summed E-state index contributed by atoms with van der Waals surface area (Å²) in [6.45, 7) is 3.55. The molecular weight excluding hydrogens is 470 g/mol. The van der Waals surface area contributed by atoms with E-state index < -0.39 is 22.1 Å². The van der Waals surface area contributed by atoms with Gasteiger partial charge in [-0.05, 0) is 43.2 Å². The predicted molar refractivity (Wildman–Crippen MR) is 128 cm³/mol. The summed E-state index contributed by atoms with van der Waals surface area (Å²) in [6.07, 6.45) is 0.447. The van der Waals surface area contributed by atoms with Crippen LogP contribution in [0.2, 0.25) is 0 Å². The smallest absolute Gasteiger partial charge is 0.338 e. The lowest BCUT2D eigenvalue weighted by Gasteiger charge is -2.35. The van der Waals surface area contributed by atoms with Crippen molar-refractivity contribution in [3.8, 4) is 0 Å². The second-order valence-corrected chi connectivity index (χ2v) is 10.6. The lowest BCUT2D eigenvalue weighted by molar-refractivity contribution is -0.141. The van der Waals surface area contributed by atoms with Gasteiger partial charge in [0.05, 0.1) is 10.5 Å². The number of nitrogens with zero attached hydrogens (tertiary/aromatic N) is 3. The first-order valence-corrected chi connectivity index (χ1v) is 13.1. The van der Waals surface area contributed by atoms with Gasteiger partial charge in [-0.15, -0.1) is 0 Å². The fraction of sp³-hybridized carbons (Fsp3) is 0.400. The molecule has 186 valence electrons. The summed E-state index contributed by atoms with van der Waals surface area (Å²) < 4.78 is 32.3. The van der Waals surface area contributed by atoms with Crippen molar-refractivity contribution in [2.75, 3.05) is 32.7 Å². The molecule has 2 saturated heterocycles. The maximum absolute atomic E-state index is 12.8. The summed E-state index contributed by atoms with van der Waals surface area (Å²) in [4.78, 5) is 40.7. The van der Waals surface area contributed by atoms with E-state index in [1.807, 2.05) is 0 Å². The molecule has 0 saturated carbocycles. The summed E-state index contributed by atoms with van der Waals surface area (Å²) in [6, 6.07) is 15.0. The SMILES string of the molecule is C[C@H](OC(=O)c1ccc(CN2CCCC2=O)cc1)C(=O)N1CCN(S(=O)(=O)c2ccccc2)CC1. The van der Waals surface area contributed by atoms with Gasteiger partial charge in [-0.25, -0.2) is 13.2 Å². The summed E-state index contributed by atoms with van der Waals surface area (Å²) in [5, 5.41) is 0. The second kappa shape index (κ2) is 10.6. The van der Waals surface area contributed by atoms with Crippen LogP contribution >= 0.6 is 0 Å². The van der Waals surface area contributed by atoms with Gasteiger partial charge in [0.2, 0.25) is 15.9 Å². The molecule has 1 atom stereocenters. The van der Waals surface area contributed by atoms with Gasteiger partial charge < -0.3 is 14.5 Å². The second-order valence-electron chi connectivity index (χ2n) is 8.71. The number of hydrogen-bond donors (Lipinski definition) is 0. The van der Waals surface area contributed by atoms with Crippen LogP contribution in [-0.4, -0.2) is 79.1 Å². The highest BCUT2D eigenvalue weighted by Crippen LogP contribution is 2.19. The molecule has 2 aromatic carbocycles. The standard InChI is InChI=1S/C25H29N3O6S/c1-19(34-25(31)21-11-9-20(10-12-21)18-27-13-5-8-23(27)29)24(30)26-14-16-28(17-15-26)35(32,33)22-6-3-2-4-7-22/h2-4,6-7,9-12,19H,5,8,13-18H2,1H3/t19-/m0/s1. The Morgan fingerprint density at radius 3 is 2.20 bits per heavy atom. The summed E-state index contributed by atoms with van der Waals surface area (Å²) in [5.41, 5.74) is 1.24. The zero-order valence-corrected chi connectivity index (χ0v) is 20.4. The zero-order chi connectivity index (χ0) is 25.0. The summed E-state index contributed by atoms with van der Waals surface area (Å²) >= 11 is 0. The van der Waals surface area contributed by atoms with Crippen LogP contribution in [0.1, 0.15) is 35.7 Å². The van der Waals surface area contributed by atoms with Gasteiger partial charge in [-0.3, -0.25) is 9.59 Å². The van der Waals surface area contributed by atoms with E-state index in [-0.39, 0.29) is 42.9 Å². The number of carbonyl (C=O) groups excluding carboxylic acids is 3. The highest BCUT2D eigenvalue weighted by Gasteiger charge is 2.32. The molecule has 0 spiro atoms. The maximum atomic E-state index is 12.8. The van der Waals surface area contributed by atoms with E-state index in [0.29, 0.717) is 18.5 Å². The van der Waals surface area contributed by atoms with Crippen molar-refractivity contribution in [2.45, 2.75) is 37.3 Å². The Morgan fingerprint density at radius 1 is 0.943 bits per heavy atom. The van der Waals surface area contributed by atoms with Gasteiger partial charge in [-0.2, -0.15) is 4.31 Å². The molecule has 2 fully saturated rings. The van der Waals surface area contributed by atoms with Crippen molar-refractivity contribution in [3.05, 3.63) is 65.7 Å². The fourth-order valence-electron chi connectivity index (χ4n) is 4.26. The van der Waals surface area contributed by atoms with E-state index in [1.165, 1.54) is 16.1 Å². The van der Waals surface area contributed by atoms with Crippen molar-refractivity contribution in [3.63, 3.8) is 0 Å². The van der Waals surface area contributed by atoms with Crippen LogP contribution in [0.15, 0.2) is 59.5 Å². The minimum atomic E-state index is -3.61. The largest absolute Gasteiger partial charge is 0.449 e. The van der Waals surface area contributed by atoms with Gasteiger partial charge in [0.15, 0.2) is 6.10 Å². The number of amides is 2. The van der Waals surface area contributed by atoms with Crippen LogP contribution in [0.25, 0.3) is 0 Å². The van der Waals surface area contributed by atoms with Crippen molar-refractivity contribution in [1.29, 1.82) is 0 Å². The third-order valence-electron chi connectivity index (χ3n) is 6.30. The Labute approximate surface area is 205 Å². The van der Waals surface area contributed by atoms with E-state index in [1.54, 1.807) is 59.5 Å². The molecule has 35 heavy (non-hydrogen) atoms. The molecular formula is C25H29N3O6S. The number of rotatable bonds is 7. The highest BCUT2D eigenvalue weighted by atomic mass is 32.2. The molecule has 4 rings (SSSR count). The molecule has 2 aliphatic heterocycles. The lowest BCUT2D eigenvalue weighted by Crippen LogP contribution is -2.52. The van der Waals surface area contributed by atoms with Gasteiger partial charge in [0.25, 0.3) is 5.91 Å². The number of esters is 1. The normalized spacial score (nSPS) is 17.9. The van der Waals surface area contributed by atoms with E-state index in [4.69, 9.17) is 4.74 Å². The average molecular weight is 500 g/mol. The van der Waals surface area contributed by atoms with Crippen LogP contribution < -0.4 is 0 Å². The Kier molecular flexibility index (Phi) is 7.51. The molecule has 2 aliphatic rings. The Balaban J connectivity index is 1.28. The first kappa shape index (κ1) is 24.9. The van der Waals surface area contributed by atoms with E-state index in [2.05, 4.69) is 0 Å². The molecule has 9 nitrogen and oxygen atoms in total. The molecule has 0 N–H and O–H groups in total. The Bertz CT molecular complexity index is 1180. The minimum Gasteiger partial charge on any atom is -0.449 e. The number of likely N-dealkylation sites (tertiary alicyclic amines) is 1. The molecule has 0 unspecified atom stereocenters. The zero-order valence-electron chi connectivity index (χ0n) is 19.6. The van der Waals surface area contributed by atoms with Crippen LogP contribution in [0.3, 0.4) is 0 Å². The fourth-order valence-corrected chi connectivity index (χ4v) is 5.71. The van der Waals surface area contributed by atoms with Crippen molar-refractivity contribution in [2.24, 2.45) is 0 Å². The number of sulfonamides is 1. The lowest BCUT2D eigenvalue weighted by atomic mass is 10.1. The summed E-state index contributed by atoms with van der Waals surface area (Å²) in [7, 11) is -3.61. The maximum Gasteiger partial charge on any atom is 0.338 e. The van der Waals surface area contributed by atoms with Crippen molar-refractivity contribution >= 4 is 27.8 Å². The highest BCUT2D eigenvalue weighted by molar-refractivity contribution is 7.89. The van der Waals surface area contributed by atoms with Crippen LogP contribution in [0.5, 0.6) is 0 Å². The van der Waals surface area contributed by atoms with Crippen LogP contribution in [-0.2, 0) is 30.9 Å². The van der Waals surface area contributed by atoms with Crippen molar-refractivity contribution < 1.29 is 27.5 Å². The average Bonchev–Trinajstić information content (AvgIpc) is 3.28. The topological polar surface area (TPSA) is 104 Å². The Morgan fingerprint density at radius 2 is 1.60 bits per heavy atom. The number of ether oxygens (including phenoxy) is 1. The van der Waals surface area contributed by atoms with Gasteiger partial charge in [0.1, 0.15) is 0 Å². The molecule has 0 radical (unpaired) electrons. The number of piperazine rings is 1. The number of carbonyl (C=O) groups is 3. The van der Waals surface area contributed by atoms with Crippen LogP contribution in [0, 0.1) is 0 Å². The van der Waals surface area contributed by atoms with Crippen LogP contribution in [0.4, 0.5) is 0 Å². The third-order valence-corrected chi connectivity index (χ3v) is 8.21. The van der Waals surface area contributed by atoms with Gasteiger partial charge >= 0.3 is 5.97 Å². The van der Waals surface area contributed by atoms with E-state index in [0.717, 1.165) is 18.5 Å². The van der Waals surface area contributed by atoms with E-state index >= 15 is 0 Å². The minimum absolute atomic E-state index is 0.138. The molecule has 10 heteroatoms. The predicted octanol–water partition coefficient (Wildman–Crippen LogP) is 1.89. The van der Waals surface area contributed by atoms with E-state index in [9.17, 15) is 22.8 Å². The molecule has 2 heterocycles. The molecule has 2 amide bonds. The van der Waals surface area contributed by atoms with Gasteiger partial charge in [-0.1, -0.05) is 30.3 Å². The van der Waals surface area contributed by atoms with Crippen molar-refractivity contribution in [1.82, 2.24) is 14.1 Å². The monoisotopic (exact) mass is 499 g/mol. The first-order chi connectivity index (χ1) is 16.8. The molecule has 0 aliphatic carbocycles.